The van der Waals surface area contributed by atoms with Gasteiger partial charge in [0.2, 0.25) is 0 Å². The number of hydrogen-bond acceptors (Lipinski definition) is 2. The van der Waals surface area contributed by atoms with E-state index in [4.69, 9.17) is 0 Å². The van der Waals surface area contributed by atoms with E-state index in [2.05, 4.69) is 0 Å². The predicted molar refractivity (Wildman–Crippen MR) is 29.7 cm³/mol. The Hall–Kier alpha value is -0.630. The highest BCUT2D eigenvalue weighted by molar-refractivity contribution is 7.11. The molecular weight excluding hydrogens is 108 g/mol. The third-order valence-corrected chi connectivity index (χ3v) is 1.46. The molecule has 0 fully saturated rings. The highest BCUT2D eigenvalue weighted by Gasteiger charge is 1.82. The Bertz CT molecular complexity index is 143. The maximum atomic E-state index is 9.88. The fraction of sp³-hybridized carbons (Fsp3) is 0. The van der Waals surface area contributed by atoms with E-state index in [0.29, 0.717) is 0 Å². The fourth-order valence-electron chi connectivity index (χ4n) is 0.358. The number of carbonyl (C=O) groups excluding carboxylic acids is 1. The van der Waals surface area contributed by atoms with Crippen molar-refractivity contribution in [2.24, 2.45) is 0 Å². The first-order valence-corrected chi connectivity index (χ1v) is 2.80. The number of carbonyl (C=O) groups is 1. The zero-order valence-electron chi connectivity index (χ0n) is 3.63. The quantitative estimate of drug-likeness (QED) is 0.504. The predicted octanol–water partition coefficient (Wildman–Crippen LogP) is 1.56. The minimum absolute atomic E-state index is 0.792. The monoisotopic (exact) mass is 112 g/mol. The van der Waals surface area contributed by atoms with Crippen molar-refractivity contribution < 1.29 is 4.79 Å². The fourth-order valence-corrected chi connectivity index (χ4v) is 0.885. The van der Waals surface area contributed by atoms with Crippen LogP contribution in [-0.2, 0) is 0 Å². The summed E-state index contributed by atoms with van der Waals surface area (Å²) in [5, 5.41) is 1.88. The van der Waals surface area contributed by atoms with Crippen LogP contribution < -0.4 is 0 Å². The lowest BCUT2D eigenvalue weighted by Crippen LogP contribution is -1.61. The topological polar surface area (TPSA) is 17.1 Å². The standard InChI is InChI=1S/C5H4OS/c6-4-5-2-1-3-7-5/h1-4H/i1+0,2+0,3+0,4+0,5+0. The molecule has 0 N–H and O–H groups in total. The lowest BCUT2D eigenvalue weighted by atomic mass is 10.5. The van der Waals surface area contributed by atoms with E-state index in [0.717, 1.165) is 11.2 Å². The van der Waals surface area contributed by atoms with E-state index in [9.17, 15) is 4.79 Å². The van der Waals surface area contributed by atoms with Gasteiger partial charge in [0.15, 0.2) is 6.29 Å². The van der Waals surface area contributed by atoms with Crippen molar-refractivity contribution in [2.45, 2.75) is 0 Å². The molecule has 0 amide bonds. The number of hydrogen-bond donors (Lipinski definition) is 0. The normalized spacial score (nSPS) is 8.57. The second-order valence-electron chi connectivity index (χ2n) is 1.13. The minimum atomic E-state index is 0.792. The van der Waals surface area contributed by atoms with E-state index in [-0.39, 0.29) is 0 Å². The van der Waals surface area contributed by atoms with Crippen LogP contribution in [0.5, 0.6) is 0 Å². The molecule has 7 heavy (non-hydrogen) atoms. The van der Waals surface area contributed by atoms with E-state index < -0.39 is 0 Å². The van der Waals surface area contributed by atoms with Crippen molar-refractivity contribution in [2.75, 3.05) is 0 Å². The zero-order chi connectivity index (χ0) is 5.11. The molecule has 1 rings (SSSR count). The Balaban J connectivity index is 2.96. The Labute approximate surface area is 45.6 Å². The largest absolute Gasteiger partial charge is 0.297 e. The first-order chi connectivity index (χ1) is 3.43. The Morgan fingerprint density at radius 3 is 2.86 bits per heavy atom. The van der Waals surface area contributed by atoms with Crippen molar-refractivity contribution in [3.05, 3.63) is 22.4 Å². The SMILES string of the molecule is O=[12CH][12c]1[12cH][12cH][12cH]s1. The van der Waals surface area contributed by atoms with Gasteiger partial charge in [-0.1, -0.05) is 6.07 Å². The first-order valence-electron chi connectivity index (χ1n) is 1.92. The van der Waals surface area contributed by atoms with Gasteiger partial charge in [-0.25, -0.2) is 0 Å². The molecule has 0 saturated heterocycles. The molecule has 1 aromatic rings. The molecule has 0 saturated carbocycles. The van der Waals surface area contributed by atoms with Crippen LogP contribution in [-0.4, -0.2) is 6.29 Å². The van der Waals surface area contributed by atoms with Gasteiger partial charge >= 0.3 is 0 Å². The average molecular weight is 112 g/mol. The van der Waals surface area contributed by atoms with Gasteiger partial charge in [0, 0.05) is 0 Å². The van der Waals surface area contributed by atoms with Crippen LogP contribution in [0.25, 0.3) is 0 Å². The van der Waals surface area contributed by atoms with Gasteiger partial charge in [-0.05, 0) is 11.4 Å². The van der Waals surface area contributed by atoms with Gasteiger partial charge in [0.1, 0.15) is 0 Å². The van der Waals surface area contributed by atoms with Crippen LogP contribution in [0.4, 0.5) is 0 Å². The van der Waals surface area contributed by atoms with E-state index in [1.165, 1.54) is 11.3 Å². The maximum Gasteiger partial charge on any atom is 0.159 e. The molecule has 1 aromatic heterocycles. The molecule has 0 aliphatic heterocycles. The molecule has 0 aliphatic rings. The molecule has 0 unspecified atom stereocenters. The third-order valence-electron chi connectivity index (χ3n) is 0.659. The van der Waals surface area contributed by atoms with E-state index >= 15 is 0 Å². The summed E-state index contributed by atoms with van der Waals surface area (Å²) in [5.41, 5.74) is 0. The molecule has 0 aliphatic carbocycles. The summed E-state index contributed by atoms with van der Waals surface area (Å²) in [6, 6.07) is 3.64. The Kier molecular flexibility index (Phi) is 1.22. The van der Waals surface area contributed by atoms with Gasteiger partial charge in [0.25, 0.3) is 0 Å². The molecule has 0 spiro atoms. The molecule has 2 heteroatoms. The van der Waals surface area contributed by atoms with Crippen molar-refractivity contribution in [3.8, 4) is 0 Å². The summed E-state index contributed by atoms with van der Waals surface area (Å²) < 4.78 is 0. The van der Waals surface area contributed by atoms with Crippen molar-refractivity contribution in [1.82, 2.24) is 0 Å². The number of aldehydes is 1. The summed E-state index contributed by atoms with van der Waals surface area (Å²) in [6.07, 6.45) is 0.852. The van der Waals surface area contributed by atoms with E-state index in [1.807, 2.05) is 11.4 Å². The maximum absolute atomic E-state index is 9.88. The zero-order valence-corrected chi connectivity index (χ0v) is 4.44. The molecular formula is C5H4OS. The van der Waals surface area contributed by atoms with Gasteiger partial charge in [-0.3, -0.25) is 4.79 Å². The molecule has 0 aromatic carbocycles. The highest BCUT2D eigenvalue weighted by Crippen LogP contribution is 2.02. The van der Waals surface area contributed by atoms with Crippen LogP contribution in [0.15, 0.2) is 17.5 Å². The smallest absolute Gasteiger partial charge is 0.159 e. The Morgan fingerprint density at radius 1 is 1.71 bits per heavy atom. The van der Waals surface area contributed by atoms with Crippen LogP contribution >= 0.6 is 11.3 Å². The number of rotatable bonds is 1. The summed E-state index contributed by atoms with van der Waals surface area (Å²) in [5.74, 6) is 0. The van der Waals surface area contributed by atoms with Crippen molar-refractivity contribution >= 4 is 17.6 Å². The van der Waals surface area contributed by atoms with Crippen molar-refractivity contribution in [1.29, 1.82) is 0 Å². The summed E-state index contributed by atoms with van der Waals surface area (Å²) in [6.45, 7) is 0. The molecule has 1 heterocycles. The second-order valence-corrected chi connectivity index (χ2v) is 2.11. The summed E-state index contributed by atoms with van der Waals surface area (Å²) in [7, 11) is 0. The van der Waals surface area contributed by atoms with Crippen LogP contribution in [0.2, 0.25) is 0 Å². The summed E-state index contributed by atoms with van der Waals surface area (Å²) in [4.78, 5) is 10.7. The van der Waals surface area contributed by atoms with Gasteiger partial charge in [-0.15, -0.1) is 11.3 Å². The average Bonchev–Trinajstić information content (AvgIpc) is 2.14. The van der Waals surface area contributed by atoms with Crippen molar-refractivity contribution in [3.63, 3.8) is 0 Å². The minimum Gasteiger partial charge on any atom is -0.297 e. The Morgan fingerprint density at radius 2 is 2.57 bits per heavy atom. The molecule has 0 atom stereocenters. The lowest BCUT2D eigenvalue weighted by molar-refractivity contribution is 0.112. The molecule has 0 bridgehead atoms. The lowest BCUT2D eigenvalue weighted by Gasteiger charge is -1.66. The van der Waals surface area contributed by atoms with Gasteiger partial charge < -0.3 is 0 Å². The third kappa shape index (κ3) is 0.871. The first kappa shape index (κ1) is 4.53. The van der Waals surface area contributed by atoms with Gasteiger partial charge in [0.05, 0.1) is 4.88 Å². The second kappa shape index (κ2) is 1.89. The van der Waals surface area contributed by atoms with Crippen LogP contribution in [0.3, 0.4) is 0 Å². The molecule has 1 nitrogen and oxygen atoms in total. The molecule has 36 valence electrons. The van der Waals surface area contributed by atoms with Crippen LogP contribution in [0.1, 0.15) is 9.67 Å². The molecule has 0 radical (unpaired) electrons. The summed E-state index contributed by atoms with van der Waals surface area (Å²) >= 11 is 1.45. The number of thiophene rings is 1. The van der Waals surface area contributed by atoms with Crippen LogP contribution in [0, 0.1) is 0 Å². The highest BCUT2D eigenvalue weighted by atomic mass is 32.1. The van der Waals surface area contributed by atoms with E-state index in [1.54, 1.807) is 6.07 Å². The van der Waals surface area contributed by atoms with Gasteiger partial charge in [-0.2, -0.15) is 0 Å².